The first-order valence-electron chi connectivity index (χ1n) is 7.54. The number of carbonyl (C=O) groups is 2. The van der Waals surface area contributed by atoms with E-state index in [4.69, 9.17) is 19.3 Å². The minimum absolute atomic E-state index is 0.143. The molecule has 0 bridgehead atoms. The van der Waals surface area contributed by atoms with Crippen LogP contribution in [0.25, 0.3) is 0 Å². The Hall–Kier alpha value is -2.68. The molecule has 1 fully saturated rings. The fourth-order valence-corrected chi connectivity index (χ4v) is 2.68. The monoisotopic (exact) mass is 337 g/mol. The zero-order valence-corrected chi connectivity index (χ0v) is 13.3. The van der Waals surface area contributed by atoms with Crippen molar-refractivity contribution in [3.63, 3.8) is 0 Å². The number of hydrogen-bond acceptors (Lipinski definition) is 6. The normalized spacial score (nSPS) is 16.8. The van der Waals surface area contributed by atoms with Gasteiger partial charge in [0.15, 0.2) is 11.5 Å². The Bertz CT molecular complexity index is 642. The first-order chi connectivity index (χ1) is 11.6. The van der Waals surface area contributed by atoms with Crippen LogP contribution in [-0.4, -0.2) is 73.5 Å². The van der Waals surface area contributed by atoms with Crippen LogP contribution in [0, 0.1) is 0 Å². The molecule has 1 saturated heterocycles. The molecule has 0 aliphatic carbocycles. The molecule has 0 radical (unpaired) electrons. The summed E-state index contributed by atoms with van der Waals surface area (Å²) in [5.74, 6) is 1.43. The van der Waals surface area contributed by atoms with E-state index in [1.165, 1.54) is 12.0 Å². The highest BCUT2D eigenvalue weighted by molar-refractivity contribution is 5.94. The Morgan fingerprint density at radius 1 is 1.21 bits per heavy atom. The van der Waals surface area contributed by atoms with E-state index in [2.05, 4.69) is 5.32 Å². The second-order valence-corrected chi connectivity index (χ2v) is 5.50. The molecule has 1 aromatic carbocycles. The lowest BCUT2D eigenvalue weighted by Gasteiger charge is -2.32. The third kappa shape index (κ3) is 3.46. The molecule has 0 aromatic heterocycles. The highest BCUT2D eigenvalue weighted by Gasteiger charge is 2.23. The van der Waals surface area contributed by atoms with Crippen molar-refractivity contribution in [1.29, 1.82) is 0 Å². The van der Waals surface area contributed by atoms with E-state index in [9.17, 15) is 9.59 Å². The van der Waals surface area contributed by atoms with E-state index in [1.54, 1.807) is 12.1 Å². The number of piperazine rings is 1. The summed E-state index contributed by atoms with van der Waals surface area (Å²) in [5, 5.41) is 11.7. The van der Waals surface area contributed by atoms with Crippen molar-refractivity contribution in [3.05, 3.63) is 12.1 Å². The van der Waals surface area contributed by atoms with Gasteiger partial charge in [0.1, 0.15) is 5.75 Å². The van der Waals surface area contributed by atoms with Crippen molar-refractivity contribution in [3.8, 4) is 17.2 Å². The summed E-state index contributed by atoms with van der Waals surface area (Å²) in [6, 6.07) is 3.34. The maximum atomic E-state index is 12.3. The number of anilines is 1. The fourth-order valence-electron chi connectivity index (χ4n) is 2.68. The number of methoxy groups -OCH3 is 1. The van der Waals surface area contributed by atoms with Crippen LogP contribution in [-0.2, 0) is 4.79 Å². The maximum absolute atomic E-state index is 12.3. The molecule has 0 spiro atoms. The Kier molecular flexibility index (Phi) is 4.61. The molecule has 3 rings (SSSR count). The minimum Gasteiger partial charge on any atom is -0.494 e. The predicted molar refractivity (Wildman–Crippen MR) is 83.8 cm³/mol. The number of nitrogens with one attached hydrogen (secondary N) is 1. The molecule has 1 aromatic rings. The average Bonchev–Trinajstić information content (AvgIpc) is 3.01. The van der Waals surface area contributed by atoms with Gasteiger partial charge in [0, 0.05) is 38.3 Å². The van der Waals surface area contributed by atoms with Crippen LogP contribution in [0.15, 0.2) is 12.1 Å². The van der Waals surface area contributed by atoms with Gasteiger partial charge in [-0.05, 0) is 0 Å². The number of hydrogen-bond donors (Lipinski definition) is 2. The van der Waals surface area contributed by atoms with E-state index in [0.29, 0.717) is 49.1 Å². The second kappa shape index (κ2) is 6.83. The topological polar surface area (TPSA) is 101 Å². The van der Waals surface area contributed by atoms with E-state index in [0.717, 1.165) is 0 Å². The van der Waals surface area contributed by atoms with Gasteiger partial charge in [-0.3, -0.25) is 9.69 Å². The van der Waals surface area contributed by atoms with Crippen LogP contribution < -0.4 is 19.5 Å². The van der Waals surface area contributed by atoms with Crippen LogP contribution in [0.1, 0.15) is 0 Å². The molecule has 2 aliphatic heterocycles. The predicted octanol–water partition coefficient (Wildman–Crippen LogP) is 0.658. The molecule has 2 N–H and O–H groups in total. The van der Waals surface area contributed by atoms with E-state index < -0.39 is 6.09 Å². The second-order valence-electron chi connectivity index (χ2n) is 5.50. The van der Waals surface area contributed by atoms with Crippen molar-refractivity contribution in [2.75, 3.05) is 51.9 Å². The van der Waals surface area contributed by atoms with Gasteiger partial charge in [-0.25, -0.2) is 4.79 Å². The minimum atomic E-state index is -0.927. The number of nitrogens with zero attached hydrogens (tertiary/aromatic N) is 2. The molecule has 2 heterocycles. The van der Waals surface area contributed by atoms with Gasteiger partial charge >= 0.3 is 6.09 Å². The SMILES string of the molecule is COc1cc2c(cc1NC(=O)CN1CCN(C(=O)O)CC1)OCO2. The highest BCUT2D eigenvalue weighted by atomic mass is 16.7. The standard InChI is InChI=1S/C15H19N3O6/c1-22-11-7-13-12(23-9-24-13)6-10(11)16-14(19)8-17-2-4-18(5-3-17)15(20)21/h6-7H,2-5,8-9H2,1H3,(H,16,19)(H,20,21). The average molecular weight is 337 g/mol. The molecule has 9 nitrogen and oxygen atoms in total. The summed E-state index contributed by atoms with van der Waals surface area (Å²) in [4.78, 5) is 26.4. The number of fused-ring (bicyclic) bond motifs is 1. The number of amides is 2. The summed E-state index contributed by atoms with van der Waals surface area (Å²) in [6.07, 6.45) is -0.927. The van der Waals surface area contributed by atoms with E-state index in [-0.39, 0.29) is 19.2 Å². The lowest BCUT2D eigenvalue weighted by atomic mass is 10.2. The zero-order valence-electron chi connectivity index (χ0n) is 13.3. The highest BCUT2D eigenvalue weighted by Crippen LogP contribution is 2.40. The molecule has 0 atom stereocenters. The molecule has 0 unspecified atom stereocenters. The Morgan fingerprint density at radius 3 is 2.50 bits per heavy atom. The van der Waals surface area contributed by atoms with Gasteiger partial charge in [-0.1, -0.05) is 0 Å². The molecule has 24 heavy (non-hydrogen) atoms. The fraction of sp³-hybridized carbons (Fsp3) is 0.467. The van der Waals surface area contributed by atoms with Gasteiger partial charge in [-0.15, -0.1) is 0 Å². The first kappa shape index (κ1) is 16.2. The Balaban J connectivity index is 1.58. The lowest BCUT2D eigenvalue weighted by molar-refractivity contribution is -0.117. The smallest absolute Gasteiger partial charge is 0.407 e. The number of carbonyl (C=O) groups excluding carboxylic acids is 1. The summed E-state index contributed by atoms with van der Waals surface area (Å²) in [5.41, 5.74) is 0.510. The van der Waals surface area contributed by atoms with Crippen molar-refractivity contribution in [2.45, 2.75) is 0 Å². The maximum Gasteiger partial charge on any atom is 0.407 e. The summed E-state index contributed by atoms with van der Waals surface area (Å²) in [6.45, 7) is 2.18. The lowest BCUT2D eigenvalue weighted by Crippen LogP contribution is -2.50. The van der Waals surface area contributed by atoms with Crippen LogP contribution in [0.3, 0.4) is 0 Å². The van der Waals surface area contributed by atoms with Gasteiger partial charge in [0.25, 0.3) is 0 Å². The number of rotatable bonds is 4. The number of carboxylic acid groups (broad SMARTS) is 1. The zero-order chi connectivity index (χ0) is 17.1. The number of ether oxygens (including phenoxy) is 3. The van der Waals surface area contributed by atoms with Crippen LogP contribution in [0.2, 0.25) is 0 Å². The van der Waals surface area contributed by atoms with Crippen LogP contribution in [0.5, 0.6) is 17.2 Å². The summed E-state index contributed by atoms with van der Waals surface area (Å²) >= 11 is 0. The summed E-state index contributed by atoms with van der Waals surface area (Å²) < 4.78 is 15.8. The van der Waals surface area contributed by atoms with Gasteiger partial charge < -0.3 is 29.5 Å². The van der Waals surface area contributed by atoms with Crippen molar-refractivity contribution >= 4 is 17.7 Å². The summed E-state index contributed by atoms with van der Waals surface area (Å²) in [7, 11) is 1.51. The van der Waals surface area contributed by atoms with Crippen molar-refractivity contribution in [2.24, 2.45) is 0 Å². The molecule has 2 aliphatic rings. The molecule has 2 amide bonds. The molecular weight excluding hydrogens is 318 g/mol. The largest absolute Gasteiger partial charge is 0.494 e. The molecule has 130 valence electrons. The van der Waals surface area contributed by atoms with Gasteiger partial charge in [0.05, 0.1) is 19.3 Å². The van der Waals surface area contributed by atoms with Gasteiger partial charge in [0.2, 0.25) is 12.7 Å². The Labute approximate surface area is 138 Å². The van der Waals surface area contributed by atoms with E-state index >= 15 is 0 Å². The van der Waals surface area contributed by atoms with Gasteiger partial charge in [-0.2, -0.15) is 0 Å². The Morgan fingerprint density at radius 2 is 1.88 bits per heavy atom. The number of benzene rings is 1. The third-order valence-corrected chi connectivity index (χ3v) is 3.98. The third-order valence-electron chi connectivity index (χ3n) is 3.98. The molecular formula is C15H19N3O6. The van der Waals surface area contributed by atoms with Crippen LogP contribution >= 0.6 is 0 Å². The molecule has 0 saturated carbocycles. The first-order valence-corrected chi connectivity index (χ1v) is 7.54. The van der Waals surface area contributed by atoms with E-state index in [1.807, 2.05) is 4.90 Å². The molecule has 9 heteroatoms. The quantitative estimate of drug-likeness (QED) is 0.832. The van der Waals surface area contributed by atoms with Crippen molar-refractivity contribution in [1.82, 2.24) is 9.80 Å². The van der Waals surface area contributed by atoms with Crippen LogP contribution in [0.4, 0.5) is 10.5 Å². The van der Waals surface area contributed by atoms with Crippen molar-refractivity contribution < 1.29 is 28.9 Å².